The van der Waals surface area contributed by atoms with Crippen molar-refractivity contribution in [3.63, 3.8) is 0 Å². The molecule has 0 amide bonds. The molecule has 4 heteroatoms. The van der Waals surface area contributed by atoms with Crippen LogP contribution in [0.25, 0.3) is 0 Å². The Bertz CT molecular complexity index is 146. The average Bonchev–Trinajstić information content (AvgIpc) is 2.04. The van der Waals surface area contributed by atoms with Crippen LogP contribution >= 0.6 is 12.6 Å². The molecule has 2 unspecified atom stereocenters. The summed E-state index contributed by atoms with van der Waals surface area (Å²) < 4.78 is 6.08. The van der Waals surface area contributed by atoms with Crippen molar-refractivity contribution in [3.8, 4) is 0 Å². The van der Waals surface area contributed by atoms with Gasteiger partial charge < -0.3 is 4.43 Å². The van der Waals surface area contributed by atoms with Crippen molar-refractivity contribution in [2.24, 2.45) is 0 Å². The third-order valence-corrected chi connectivity index (χ3v) is 7.44. The van der Waals surface area contributed by atoms with Crippen LogP contribution in [0.3, 0.4) is 0 Å². The van der Waals surface area contributed by atoms with E-state index in [0.717, 1.165) is 5.38 Å². The zero-order chi connectivity index (χ0) is 10.5. The Balaban J connectivity index is 4.09. The lowest BCUT2D eigenvalue weighted by Crippen LogP contribution is -2.44. The lowest BCUT2D eigenvalue weighted by atomic mass is 10.6. The minimum Gasteiger partial charge on any atom is -0.401 e. The van der Waals surface area contributed by atoms with E-state index in [2.05, 4.69) is 37.9 Å². The highest BCUT2D eigenvalue weighted by molar-refractivity contribution is 7.82. The Hall–Kier alpha value is 0.487. The molecule has 2 atom stereocenters. The van der Waals surface area contributed by atoms with E-state index in [4.69, 9.17) is 4.43 Å². The summed E-state index contributed by atoms with van der Waals surface area (Å²) in [5.74, 6) is 0. The van der Waals surface area contributed by atoms with E-state index in [-0.39, 0.29) is 6.23 Å². The molecule has 13 heavy (non-hydrogen) atoms. The van der Waals surface area contributed by atoms with Gasteiger partial charge >= 0.3 is 0 Å². The molecule has 0 saturated heterocycles. The molecule has 0 bridgehead atoms. The van der Waals surface area contributed by atoms with Crippen molar-refractivity contribution in [2.75, 3.05) is 19.5 Å². The second kappa shape index (κ2) is 6.06. The highest BCUT2D eigenvalue weighted by Crippen LogP contribution is 2.18. The highest BCUT2D eigenvalue weighted by Gasteiger charge is 2.28. The normalized spacial score (nSPS) is 18.7. The zero-order valence-electron chi connectivity index (χ0n) is 9.50. The van der Waals surface area contributed by atoms with Crippen LogP contribution in [0.5, 0.6) is 0 Å². The van der Waals surface area contributed by atoms with E-state index in [0.29, 0.717) is 0 Å². The van der Waals surface area contributed by atoms with Crippen LogP contribution in [-0.4, -0.2) is 38.9 Å². The van der Waals surface area contributed by atoms with Crippen LogP contribution in [0.1, 0.15) is 20.3 Å². The van der Waals surface area contributed by atoms with Gasteiger partial charge in [0.15, 0.2) is 0 Å². The lowest BCUT2D eigenvalue weighted by molar-refractivity contribution is 0.0727. The maximum Gasteiger partial charge on any atom is 0.201 e. The van der Waals surface area contributed by atoms with Crippen molar-refractivity contribution in [2.45, 2.75) is 39.1 Å². The van der Waals surface area contributed by atoms with Crippen LogP contribution in [0.4, 0.5) is 0 Å². The molecule has 0 aromatic carbocycles. The van der Waals surface area contributed by atoms with Gasteiger partial charge in [-0.25, -0.2) is 0 Å². The van der Waals surface area contributed by atoms with Crippen LogP contribution in [0, 0.1) is 0 Å². The molecule has 0 heterocycles. The molecule has 0 aliphatic heterocycles. The van der Waals surface area contributed by atoms with Crippen molar-refractivity contribution in [3.05, 3.63) is 0 Å². The fraction of sp³-hybridized carbons (Fsp3) is 1.00. The van der Waals surface area contributed by atoms with Gasteiger partial charge in [-0.05, 0) is 33.6 Å². The summed E-state index contributed by atoms with van der Waals surface area (Å²) >= 11 is 4.40. The van der Waals surface area contributed by atoms with Gasteiger partial charge in [0.25, 0.3) is 0 Å². The number of nitrogens with zero attached hydrogens (tertiary/aromatic N) is 1. The SMILES string of the molecule is CCC[Si](C)(CS)OC(C)N(C)C. The Kier molecular flexibility index (Phi) is 6.29. The van der Waals surface area contributed by atoms with Crippen LogP contribution in [0.2, 0.25) is 12.6 Å². The molecule has 0 rings (SSSR count). The summed E-state index contributed by atoms with van der Waals surface area (Å²) in [5.41, 5.74) is 0. The van der Waals surface area contributed by atoms with Gasteiger partial charge in [-0.1, -0.05) is 13.3 Å². The predicted molar refractivity (Wildman–Crippen MR) is 64.8 cm³/mol. The summed E-state index contributed by atoms with van der Waals surface area (Å²) in [6.07, 6.45) is 1.42. The van der Waals surface area contributed by atoms with Crippen LogP contribution in [0.15, 0.2) is 0 Å². The largest absolute Gasteiger partial charge is 0.401 e. The van der Waals surface area contributed by atoms with Crippen molar-refractivity contribution < 1.29 is 4.43 Å². The second-order valence-corrected chi connectivity index (χ2v) is 8.94. The first-order chi connectivity index (χ1) is 5.95. The number of thiol groups is 1. The third kappa shape index (κ3) is 5.05. The summed E-state index contributed by atoms with van der Waals surface area (Å²) in [7, 11) is 2.56. The molecule has 0 aromatic rings. The van der Waals surface area contributed by atoms with Gasteiger partial charge in [0, 0.05) is 5.38 Å². The Morgan fingerprint density at radius 3 is 2.31 bits per heavy atom. The molecule has 0 N–H and O–H groups in total. The van der Waals surface area contributed by atoms with Crippen LogP contribution in [-0.2, 0) is 4.43 Å². The quantitative estimate of drug-likeness (QED) is 0.420. The molecule has 0 fully saturated rings. The van der Waals surface area contributed by atoms with E-state index in [1.54, 1.807) is 0 Å². The van der Waals surface area contributed by atoms with Gasteiger partial charge in [0.1, 0.15) is 0 Å². The van der Waals surface area contributed by atoms with Gasteiger partial charge in [-0.2, -0.15) is 12.6 Å². The fourth-order valence-electron chi connectivity index (χ4n) is 1.22. The Morgan fingerprint density at radius 1 is 1.46 bits per heavy atom. The number of rotatable bonds is 6. The number of hydrogen-bond acceptors (Lipinski definition) is 3. The first kappa shape index (κ1) is 13.5. The van der Waals surface area contributed by atoms with Gasteiger partial charge in [-0.15, -0.1) is 0 Å². The minimum atomic E-state index is -1.53. The summed E-state index contributed by atoms with van der Waals surface area (Å²) in [4.78, 5) is 2.10. The summed E-state index contributed by atoms with van der Waals surface area (Å²) in [5, 5.41) is 0.916. The van der Waals surface area contributed by atoms with Gasteiger partial charge in [0.2, 0.25) is 8.32 Å². The first-order valence-corrected chi connectivity index (χ1v) is 8.36. The molecular weight excluding hydrogens is 198 g/mol. The topological polar surface area (TPSA) is 12.5 Å². The molecular formula is C9H23NOSSi. The number of hydrogen-bond donors (Lipinski definition) is 1. The van der Waals surface area contributed by atoms with E-state index in [9.17, 15) is 0 Å². The van der Waals surface area contributed by atoms with Gasteiger partial charge in [-0.3, -0.25) is 4.90 Å². The predicted octanol–water partition coefficient (Wildman–Crippen LogP) is 2.36. The second-order valence-electron chi connectivity index (χ2n) is 4.04. The van der Waals surface area contributed by atoms with E-state index in [1.807, 2.05) is 14.1 Å². The van der Waals surface area contributed by atoms with Crippen molar-refractivity contribution in [1.29, 1.82) is 0 Å². The Labute approximate surface area is 89.2 Å². The van der Waals surface area contributed by atoms with Gasteiger partial charge in [0.05, 0.1) is 6.23 Å². The summed E-state index contributed by atoms with van der Waals surface area (Å²) in [6, 6.07) is 1.20. The maximum absolute atomic E-state index is 6.08. The molecule has 0 aromatic heterocycles. The van der Waals surface area contributed by atoms with E-state index in [1.165, 1.54) is 12.5 Å². The summed E-state index contributed by atoms with van der Waals surface area (Å²) in [6.45, 7) is 6.58. The first-order valence-electron chi connectivity index (χ1n) is 4.90. The standard InChI is InChI=1S/C9H23NOSSi/c1-6-7-13(5,8-12)11-9(2)10(3)4/h9,12H,6-8H2,1-5H3. The molecule has 0 aliphatic carbocycles. The molecule has 0 spiro atoms. The van der Waals surface area contributed by atoms with E-state index >= 15 is 0 Å². The molecule has 0 radical (unpaired) electrons. The zero-order valence-corrected chi connectivity index (χ0v) is 11.4. The molecule has 0 saturated carbocycles. The average molecular weight is 221 g/mol. The maximum atomic E-state index is 6.08. The highest BCUT2D eigenvalue weighted by atomic mass is 32.1. The lowest BCUT2D eigenvalue weighted by Gasteiger charge is -2.32. The van der Waals surface area contributed by atoms with E-state index < -0.39 is 8.32 Å². The van der Waals surface area contributed by atoms with Crippen molar-refractivity contribution in [1.82, 2.24) is 4.90 Å². The smallest absolute Gasteiger partial charge is 0.201 e. The van der Waals surface area contributed by atoms with Crippen LogP contribution < -0.4 is 0 Å². The monoisotopic (exact) mass is 221 g/mol. The molecule has 0 aliphatic rings. The fourth-order valence-corrected chi connectivity index (χ4v) is 4.36. The molecule has 80 valence electrons. The minimum absolute atomic E-state index is 0.218. The third-order valence-electron chi connectivity index (χ3n) is 2.30. The van der Waals surface area contributed by atoms with Crippen molar-refractivity contribution >= 4 is 20.9 Å². The molecule has 2 nitrogen and oxygen atoms in total. The Morgan fingerprint density at radius 2 is 2.00 bits per heavy atom.